The van der Waals surface area contributed by atoms with E-state index in [-0.39, 0.29) is 6.54 Å². The Hall–Kier alpha value is -1.90. The van der Waals surface area contributed by atoms with Crippen molar-refractivity contribution < 1.29 is 8.78 Å². The van der Waals surface area contributed by atoms with Gasteiger partial charge in [-0.25, -0.2) is 8.78 Å². The molecule has 1 nitrogen and oxygen atoms in total. The van der Waals surface area contributed by atoms with E-state index in [9.17, 15) is 8.78 Å². The van der Waals surface area contributed by atoms with Gasteiger partial charge in [-0.05, 0) is 37.1 Å². The zero-order valence-electron chi connectivity index (χ0n) is 10.4. The minimum Gasteiger partial charge on any atom is -0.381 e. The summed E-state index contributed by atoms with van der Waals surface area (Å²) in [4.78, 5) is 0. The first-order valence-electron chi connectivity index (χ1n) is 5.82. The van der Waals surface area contributed by atoms with Gasteiger partial charge < -0.3 is 5.32 Å². The largest absolute Gasteiger partial charge is 0.381 e. The molecule has 0 aliphatic rings. The molecule has 2 aromatic carbocycles. The fraction of sp³-hybridized carbons (Fsp3) is 0.200. The molecule has 0 aliphatic carbocycles. The minimum atomic E-state index is -0.810. The van der Waals surface area contributed by atoms with Gasteiger partial charge in [0.1, 0.15) is 0 Å². The molecule has 0 saturated carbocycles. The molecule has 0 amide bonds. The topological polar surface area (TPSA) is 12.0 Å². The molecule has 0 fully saturated rings. The van der Waals surface area contributed by atoms with E-state index in [1.54, 1.807) is 6.07 Å². The van der Waals surface area contributed by atoms with Crippen molar-refractivity contribution in [3.05, 3.63) is 64.7 Å². The highest BCUT2D eigenvalue weighted by Gasteiger charge is 2.07. The van der Waals surface area contributed by atoms with Crippen molar-refractivity contribution in [3.8, 4) is 0 Å². The van der Waals surface area contributed by atoms with Crippen LogP contribution in [-0.2, 0) is 6.54 Å². The summed E-state index contributed by atoms with van der Waals surface area (Å²) in [5.74, 6) is -1.59. The van der Waals surface area contributed by atoms with Crippen molar-refractivity contribution in [1.82, 2.24) is 0 Å². The maximum Gasteiger partial charge on any atom is 0.163 e. The fourth-order valence-electron chi connectivity index (χ4n) is 1.82. The van der Waals surface area contributed by atoms with Gasteiger partial charge in [-0.1, -0.05) is 24.3 Å². The number of hydrogen-bond donors (Lipinski definition) is 1. The van der Waals surface area contributed by atoms with Gasteiger partial charge in [-0.3, -0.25) is 0 Å². The second-order valence-corrected chi connectivity index (χ2v) is 4.31. The van der Waals surface area contributed by atoms with Gasteiger partial charge in [0.25, 0.3) is 0 Å². The number of nitrogens with one attached hydrogen (secondary N) is 1. The van der Waals surface area contributed by atoms with E-state index >= 15 is 0 Å². The molecule has 0 heterocycles. The third-order valence-corrected chi connectivity index (χ3v) is 3.11. The van der Waals surface area contributed by atoms with Gasteiger partial charge in [0.05, 0.1) is 0 Å². The summed E-state index contributed by atoms with van der Waals surface area (Å²) < 4.78 is 26.5. The molecule has 0 aromatic heterocycles. The smallest absolute Gasteiger partial charge is 0.163 e. The average molecular weight is 247 g/mol. The maximum atomic E-state index is 13.5. The van der Waals surface area contributed by atoms with Crippen molar-refractivity contribution in [1.29, 1.82) is 0 Å². The number of anilines is 1. The Morgan fingerprint density at radius 3 is 2.50 bits per heavy atom. The molecule has 0 unspecified atom stereocenters. The molecule has 18 heavy (non-hydrogen) atoms. The summed E-state index contributed by atoms with van der Waals surface area (Å²) in [6.07, 6.45) is 0. The number of hydrogen-bond acceptors (Lipinski definition) is 1. The van der Waals surface area contributed by atoms with Crippen LogP contribution in [0.1, 0.15) is 16.7 Å². The molecule has 1 N–H and O–H groups in total. The average Bonchev–Trinajstić information content (AvgIpc) is 2.36. The van der Waals surface area contributed by atoms with Crippen LogP contribution >= 0.6 is 0 Å². The number of benzene rings is 2. The van der Waals surface area contributed by atoms with Gasteiger partial charge in [-0.15, -0.1) is 0 Å². The first-order chi connectivity index (χ1) is 8.59. The highest BCUT2D eigenvalue weighted by atomic mass is 19.2. The summed E-state index contributed by atoms with van der Waals surface area (Å²) in [5.41, 5.74) is 3.56. The molecule has 0 radical (unpaired) electrons. The quantitative estimate of drug-likeness (QED) is 0.857. The van der Waals surface area contributed by atoms with Crippen LogP contribution in [0.4, 0.5) is 14.5 Å². The van der Waals surface area contributed by atoms with Crippen LogP contribution in [0.3, 0.4) is 0 Å². The van der Waals surface area contributed by atoms with E-state index in [2.05, 4.69) is 5.32 Å². The van der Waals surface area contributed by atoms with Gasteiger partial charge >= 0.3 is 0 Å². The predicted molar refractivity (Wildman–Crippen MR) is 69.6 cm³/mol. The number of rotatable bonds is 3. The molecule has 2 rings (SSSR count). The summed E-state index contributed by atoms with van der Waals surface area (Å²) in [5, 5.41) is 3.13. The Kier molecular flexibility index (Phi) is 3.60. The standard InChI is InChI=1S/C15H15F2N/c1-10-5-3-8-14(11(10)2)18-9-12-6-4-7-13(16)15(12)17/h3-8,18H,9H2,1-2H3. The Balaban J connectivity index is 2.17. The maximum absolute atomic E-state index is 13.5. The monoisotopic (exact) mass is 247 g/mol. The van der Waals surface area contributed by atoms with E-state index in [0.717, 1.165) is 17.3 Å². The third-order valence-electron chi connectivity index (χ3n) is 3.11. The van der Waals surface area contributed by atoms with Crippen LogP contribution < -0.4 is 5.32 Å². The molecule has 94 valence electrons. The second-order valence-electron chi connectivity index (χ2n) is 4.31. The Bertz CT molecular complexity index is 513. The number of aryl methyl sites for hydroxylation is 1. The van der Waals surface area contributed by atoms with E-state index < -0.39 is 11.6 Å². The van der Waals surface area contributed by atoms with E-state index in [0.29, 0.717) is 5.56 Å². The lowest BCUT2D eigenvalue weighted by Gasteiger charge is -2.12. The molecule has 0 atom stereocenters. The van der Waals surface area contributed by atoms with Crippen molar-refractivity contribution in [2.45, 2.75) is 20.4 Å². The normalized spacial score (nSPS) is 10.4. The van der Waals surface area contributed by atoms with Gasteiger partial charge in [-0.2, -0.15) is 0 Å². The van der Waals surface area contributed by atoms with Crippen molar-refractivity contribution >= 4 is 5.69 Å². The van der Waals surface area contributed by atoms with Crippen LogP contribution in [-0.4, -0.2) is 0 Å². The minimum absolute atomic E-state index is 0.272. The summed E-state index contributed by atoms with van der Waals surface area (Å²) in [6.45, 7) is 4.29. The van der Waals surface area contributed by atoms with E-state index in [1.807, 2.05) is 32.0 Å². The highest BCUT2D eigenvalue weighted by Crippen LogP contribution is 2.19. The van der Waals surface area contributed by atoms with Gasteiger partial charge in [0, 0.05) is 17.8 Å². The predicted octanol–water partition coefficient (Wildman–Crippen LogP) is 4.19. The Morgan fingerprint density at radius 2 is 1.72 bits per heavy atom. The van der Waals surface area contributed by atoms with Crippen LogP contribution in [0.15, 0.2) is 36.4 Å². The second kappa shape index (κ2) is 5.17. The first kappa shape index (κ1) is 12.6. The SMILES string of the molecule is Cc1cccc(NCc2cccc(F)c2F)c1C. The molecule has 2 aromatic rings. The highest BCUT2D eigenvalue weighted by molar-refractivity contribution is 5.53. The van der Waals surface area contributed by atoms with Crippen LogP contribution in [0.5, 0.6) is 0 Å². The zero-order chi connectivity index (χ0) is 13.1. The first-order valence-corrected chi connectivity index (χ1v) is 5.82. The molecule has 0 bridgehead atoms. The molecular weight excluding hydrogens is 232 g/mol. The lowest BCUT2D eigenvalue weighted by molar-refractivity contribution is 0.500. The molecule has 3 heteroatoms. The Labute approximate surface area is 105 Å². The van der Waals surface area contributed by atoms with Crippen LogP contribution in [0.2, 0.25) is 0 Å². The van der Waals surface area contributed by atoms with Crippen molar-refractivity contribution in [3.63, 3.8) is 0 Å². The molecule has 0 spiro atoms. The summed E-state index contributed by atoms with van der Waals surface area (Å²) in [6, 6.07) is 10.1. The summed E-state index contributed by atoms with van der Waals surface area (Å²) in [7, 11) is 0. The van der Waals surface area contributed by atoms with E-state index in [1.165, 1.54) is 11.6 Å². The molecule has 0 aliphatic heterocycles. The molecular formula is C15H15F2N. The van der Waals surface area contributed by atoms with Crippen molar-refractivity contribution in [2.24, 2.45) is 0 Å². The fourth-order valence-corrected chi connectivity index (χ4v) is 1.82. The van der Waals surface area contributed by atoms with Crippen LogP contribution in [0.25, 0.3) is 0 Å². The number of halogens is 2. The lowest BCUT2D eigenvalue weighted by atomic mass is 10.1. The summed E-state index contributed by atoms with van der Waals surface area (Å²) >= 11 is 0. The molecule has 0 saturated heterocycles. The Morgan fingerprint density at radius 1 is 1.00 bits per heavy atom. The van der Waals surface area contributed by atoms with Crippen LogP contribution in [0, 0.1) is 25.5 Å². The van der Waals surface area contributed by atoms with Crippen molar-refractivity contribution in [2.75, 3.05) is 5.32 Å². The lowest BCUT2D eigenvalue weighted by Crippen LogP contribution is -2.04. The zero-order valence-corrected chi connectivity index (χ0v) is 10.4. The van der Waals surface area contributed by atoms with Gasteiger partial charge in [0.2, 0.25) is 0 Å². The third kappa shape index (κ3) is 2.50. The van der Waals surface area contributed by atoms with Gasteiger partial charge in [0.15, 0.2) is 11.6 Å². The van der Waals surface area contributed by atoms with E-state index in [4.69, 9.17) is 0 Å².